The maximum absolute atomic E-state index is 12.9. The van der Waals surface area contributed by atoms with Crippen LogP contribution < -0.4 is 15.4 Å². The highest BCUT2D eigenvalue weighted by Crippen LogP contribution is 2.33. The van der Waals surface area contributed by atoms with Gasteiger partial charge in [-0.15, -0.1) is 0 Å². The van der Waals surface area contributed by atoms with Gasteiger partial charge in [-0.05, 0) is 54.4 Å². The number of hydrogen-bond acceptors (Lipinski definition) is 6. The molecule has 10 heteroatoms. The van der Waals surface area contributed by atoms with E-state index in [0.717, 1.165) is 5.56 Å². The fourth-order valence-corrected chi connectivity index (χ4v) is 4.74. The van der Waals surface area contributed by atoms with Gasteiger partial charge in [0.05, 0.1) is 22.4 Å². The minimum Gasteiger partial charge on any atom is -0.459 e. The van der Waals surface area contributed by atoms with Gasteiger partial charge in [-0.25, -0.2) is 13.2 Å². The molecule has 1 amide bonds. The highest BCUT2D eigenvalue weighted by molar-refractivity contribution is 7.92. The number of aryl methyl sites for hydroxylation is 1. The Hall–Kier alpha value is -3.79. The molecule has 2 aromatic carbocycles. The Kier molecular flexibility index (Phi) is 4.26. The Balaban J connectivity index is 1.47. The van der Waals surface area contributed by atoms with Crippen LogP contribution in [-0.4, -0.2) is 25.4 Å². The number of nitrogens with one attached hydrogen (secondary N) is 1. The fraction of sp³-hybridized carbons (Fsp3) is 0.143. The Bertz CT molecular complexity index is 1480. The lowest BCUT2D eigenvalue weighted by Crippen LogP contribution is -2.28. The van der Waals surface area contributed by atoms with Crippen molar-refractivity contribution in [2.45, 2.75) is 11.3 Å². The Labute approximate surface area is 176 Å². The van der Waals surface area contributed by atoms with Gasteiger partial charge in [0.1, 0.15) is 0 Å². The molecule has 4 aromatic rings. The number of nitrogens with zero attached hydrogens (tertiary/aromatic N) is 2. The summed E-state index contributed by atoms with van der Waals surface area (Å²) < 4.78 is 39.9. The second-order valence-corrected chi connectivity index (χ2v) is 8.87. The molecule has 0 atom stereocenters. The van der Waals surface area contributed by atoms with Gasteiger partial charge in [0, 0.05) is 19.3 Å². The van der Waals surface area contributed by atoms with Crippen LogP contribution in [0.25, 0.3) is 11.1 Å². The Morgan fingerprint density at radius 1 is 1.13 bits per heavy atom. The van der Waals surface area contributed by atoms with Crippen molar-refractivity contribution < 1.29 is 22.0 Å². The lowest BCUT2D eigenvalue weighted by Gasteiger charge is -2.17. The van der Waals surface area contributed by atoms with Crippen LogP contribution in [0.3, 0.4) is 0 Å². The van der Waals surface area contributed by atoms with E-state index in [1.165, 1.54) is 36.1 Å². The zero-order valence-electron chi connectivity index (χ0n) is 16.4. The zero-order valence-corrected chi connectivity index (χ0v) is 17.2. The molecule has 0 spiro atoms. The molecule has 9 nitrogen and oxygen atoms in total. The minimum atomic E-state index is -3.94. The summed E-state index contributed by atoms with van der Waals surface area (Å²) in [4.78, 5) is 25.9. The first-order valence-electron chi connectivity index (χ1n) is 9.44. The smallest absolute Gasteiger partial charge is 0.419 e. The van der Waals surface area contributed by atoms with Crippen molar-refractivity contribution in [1.29, 1.82) is 0 Å². The number of furan rings is 1. The number of oxazole rings is 1. The average molecular weight is 439 g/mol. The molecule has 1 aliphatic heterocycles. The van der Waals surface area contributed by atoms with E-state index in [1.54, 1.807) is 35.2 Å². The van der Waals surface area contributed by atoms with E-state index in [2.05, 4.69) is 4.72 Å². The first-order valence-corrected chi connectivity index (χ1v) is 10.9. The molecule has 0 radical (unpaired) electrons. The number of hydrogen-bond donors (Lipinski definition) is 1. The highest BCUT2D eigenvalue weighted by atomic mass is 32.2. The first kappa shape index (κ1) is 19.2. The average Bonchev–Trinajstić information content (AvgIpc) is 3.47. The van der Waals surface area contributed by atoms with Gasteiger partial charge in [0.2, 0.25) is 0 Å². The van der Waals surface area contributed by atoms with E-state index < -0.39 is 15.8 Å². The molecule has 3 heterocycles. The van der Waals surface area contributed by atoms with Crippen LogP contribution in [0.2, 0.25) is 0 Å². The molecule has 0 fully saturated rings. The minimum absolute atomic E-state index is 0.0135. The second kappa shape index (κ2) is 6.88. The van der Waals surface area contributed by atoms with E-state index in [0.29, 0.717) is 35.4 Å². The van der Waals surface area contributed by atoms with Gasteiger partial charge in [-0.2, -0.15) is 0 Å². The van der Waals surface area contributed by atoms with E-state index in [4.69, 9.17) is 8.83 Å². The SMILES string of the molecule is Cn1c(=O)oc2ccc(S(=O)(=O)Nc3ccc4c(c3)N(C(=O)c3ccco3)CC4)cc21. The van der Waals surface area contributed by atoms with E-state index in [-0.39, 0.29) is 16.6 Å². The maximum Gasteiger partial charge on any atom is 0.419 e. The Morgan fingerprint density at radius 3 is 2.74 bits per heavy atom. The number of anilines is 2. The van der Waals surface area contributed by atoms with Crippen molar-refractivity contribution in [3.63, 3.8) is 0 Å². The largest absolute Gasteiger partial charge is 0.459 e. The molecule has 0 saturated heterocycles. The molecule has 31 heavy (non-hydrogen) atoms. The summed E-state index contributed by atoms with van der Waals surface area (Å²) in [6.07, 6.45) is 2.10. The van der Waals surface area contributed by atoms with E-state index in [9.17, 15) is 18.0 Å². The number of carbonyl (C=O) groups is 1. The molecule has 158 valence electrons. The molecule has 2 aromatic heterocycles. The van der Waals surface area contributed by atoms with Gasteiger partial charge >= 0.3 is 5.76 Å². The van der Waals surface area contributed by atoms with Crippen LogP contribution in [0.5, 0.6) is 0 Å². The van der Waals surface area contributed by atoms with Gasteiger partial charge < -0.3 is 13.7 Å². The van der Waals surface area contributed by atoms with E-state index in [1.807, 2.05) is 0 Å². The lowest BCUT2D eigenvalue weighted by molar-refractivity contribution is 0.0963. The number of sulfonamides is 1. The predicted molar refractivity (Wildman–Crippen MR) is 113 cm³/mol. The highest BCUT2D eigenvalue weighted by Gasteiger charge is 2.28. The number of fused-ring (bicyclic) bond motifs is 2. The van der Waals surface area contributed by atoms with Crippen molar-refractivity contribution >= 4 is 38.4 Å². The molecule has 0 aliphatic carbocycles. The van der Waals surface area contributed by atoms with Crippen molar-refractivity contribution in [3.8, 4) is 0 Å². The molecule has 1 aliphatic rings. The standard InChI is InChI=1S/C21H17N3O6S/c1-23-17-12-15(6-7-18(17)30-21(23)26)31(27,28)22-14-5-4-13-8-9-24(16(13)11-14)20(25)19-3-2-10-29-19/h2-7,10-12,22H,8-9H2,1H3. The monoisotopic (exact) mass is 439 g/mol. The number of aromatic nitrogens is 1. The molecule has 0 bridgehead atoms. The second-order valence-electron chi connectivity index (χ2n) is 7.19. The van der Waals surface area contributed by atoms with Crippen molar-refractivity contribution in [2.75, 3.05) is 16.2 Å². The third-order valence-corrected chi connectivity index (χ3v) is 6.66. The fourth-order valence-electron chi connectivity index (χ4n) is 3.67. The summed E-state index contributed by atoms with van der Waals surface area (Å²) in [5, 5.41) is 0. The number of amides is 1. The summed E-state index contributed by atoms with van der Waals surface area (Å²) in [5.41, 5.74) is 2.57. The van der Waals surface area contributed by atoms with E-state index >= 15 is 0 Å². The normalized spacial score (nSPS) is 13.5. The van der Waals surface area contributed by atoms with Crippen molar-refractivity contribution in [1.82, 2.24) is 4.57 Å². The van der Waals surface area contributed by atoms with Crippen molar-refractivity contribution in [3.05, 3.63) is 76.7 Å². The summed E-state index contributed by atoms with van der Waals surface area (Å²) >= 11 is 0. The molecule has 0 unspecified atom stereocenters. The molecule has 1 N–H and O–H groups in total. The molecular formula is C21H17N3O6S. The van der Waals surface area contributed by atoms with Crippen LogP contribution in [0.15, 0.2) is 73.3 Å². The lowest BCUT2D eigenvalue weighted by atomic mass is 10.1. The predicted octanol–water partition coefficient (Wildman–Crippen LogP) is 2.73. The summed E-state index contributed by atoms with van der Waals surface area (Å²) in [5.74, 6) is -0.634. The third kappa shape index (κ3) is 3.21. The number of benzene rings is 2. The van der Waals surface area contributed by atoms with Crippen LogP contribution in [0.1, 0.15) is 16.1 Å². The quantitative estimate of drug-likeness (QED) is 0.523. The molecule has 5 rings (SSSR count). The number of rotatable bonds is 4. The molecular weight excluding hydrogens is 422 g/mol. The summed E-state index contributed by atoms with van der Waals surface area (Å²) in [7, 11) is -2.44. The van der Waals surface area contributed by atoms with Crippen LogP contribution in [0, 0.1) is 0 Å². The summed E-state index contributed by atoms with van der Waals surface area (Å²) in [6, 6.07) is 12.5. The van der Waals surface area contributed by atoms with Gasteiger partial charge in [-0.1, -0.05) is 6.07 Å². The van der Waals surface area contributed by atoms with Crippen LogP contribution in [0.4, 0.5) is 11.4 Å². The number of carbonyl (C=O) groups excluding carboxylic acids is 1. The van der Waals surface area contributed by atoms with Crippen LogP contribution in [-0.2, 0) is 23.5 Å². The van der Waals surface area contributed by atoms with Gasteiger partial charge in [-0.3, -0.25) is 14.1 Å². The zero-order chi connectivity index (χ0) is 21.8. The summed E-state index contributed by atoms with van der Waals surface area (Å²) in [6.45, 7) is 0.482. The van der Waals surface area contributed by atoms with Gasteiger partial charge in [0.15, 0.2) is 11.3 Å². The topological polar surface area (TPSA) is 115 Å². The molecule has 0 saturated carbocycles. The van der Waals surface area contributed by atoms with Crippen LogP contribution >= 0.6 is 0 Å². The Morgan fingerprint density at radius 2 is 1.97 bits per heavy atom. The third-order valence-electron chi connectivity index (χ3n) is 5.28. The van der Waals surface area contributed by atoms with Crippen molar-refractivity contribution in [2.24, 2.45) is 7.05 Å². The van der Waals surface area contributed by atoms with Gasteiger partial charge in [0.25, 0.3) is 15.9 Å². The maximum atomic E-state index is 12.9. The first-order chi connectivity index (χ1) is 14.8.